The molecule has 2 aromatic heterocycles. The summed E-state index contributed by atoms with van der Waals surface area (Å²) in [6, 6.07) is 18.3. The summed E-state index contributed by atoms with van der Waals surface area (Å²) < 4.78 is 7.00. The molecule has 12 heteroatoms. The molecule has 0 aliphatic carbocycles. The topological polar surface area (TPSA) is 134 Å². The van der Waals surface area contributed by atoms with Gasteiger partial charge in [-0.15, -0.1) is 0 Å². The third kappa shape index (κ3) is 5.53. The van der Waals surface area contributed by atoms with Crippen LogP contribution >= 0.6 is 0 Å². The monoisotopic (exact) mass is 609 g/mol. The average Bonchev–Trinajstić information content (AvgIpc) is 3.56. The number of imide groups is 1. The smallest absolute Gasteiger partial charge is 0.354 e. The van der Waals surface area contributed by atoms with Crippen molar-refractivity contribution in [1.82, 2.24) is 24.4 Å². The van der Waals surface area contributed by atoms with Crippen molar-refractivity contribution >= 4 is 29.5 Å². The highest BCUT2D eigenvalue weighted by Crippen LogP contribution is 2.42. The first-order chi connectivity index (χ1) is 21.9. The molecule has 2 aliphatic heterocycles. The van der Waals surface area contributed by atoms with Crippen LogP contribution in [0.2, 0.25) is 0 Å². The van der Waals surface area contributed by atoms with Crippen molar-refractivity contribution in [1.29, 1.82) is 0 Å². The van der Waals surface area contributed by atoms with Gasteiger partial charge < -0.3 is 14.4 Å². The Morgan fingerprint density at radius 1 is 0.978 bits per heavy atom. The lowest BCUT2D eigenvalue weighted by molar-refractivity contribution is -0.123. The molecule has 0 bridgehead atoms. The lowest BCUT2D eigenvalue weighted by atomic mass is 9.85. The highest BCUT2D eigenvalue weighted by atomic mass is 16.5. The van der Waals surface area contributed by atoms with E-state index >= 15 is 0 Å². The van der Waals surface area contributed by atoms with Gasteiger partial charge in [-0.1, -0.05) is 55.8 Å². The molecule has 2 aromatic carbocycles. The lowest BCUT2D eigenvalue weighted by Gasteiger charge is -2.41. The van der Waals surface area contributed by atoms with Crippen LogP contribution in [0.15, 0.2) is 73.2 Å². The average molecular weight is 610 g/mol. The van der Waals surface area contributed by atoms with Gasteiger partial charge in [-0.25, -0.2) is 29.4 Å². The Hall–Kier alpha value is -5.10. The quantitative estimate of drug-likeness (QED) is 0.250. The molecule has 4 heterocycles. The van der Waals surface area contributed by atoms with Crippen molar-refractivity contribution < 1.29 is 24.2 Å². The Morgan fingerprint density at radius 2 is 1.69 bits per heavy atom. The van der Waals surface area contributed by atoms with Gasteiger partial charge in [0.15, 0.2) is 5.69 Å². The molecule has 2 saturated heterocycles. The molecule has 4 aromatic rings. The van der Waals surface area contributed by atoms with Gasteiger partial charge in [0.2, 0.25) is 11.8 Å². The predicted octanol–water partition coefficient (Wildman–Crippen LogP) is 4.86. The van der Waals surface area contributed by atoms with Crippen LogP contribution in [0.4, 0.5) is 16.4 Å². The van der Waals surface area contributed by atoms with Gasteiger partial charge in [-0.3, -0.25) is 9.69 Å². The van der Waals surface area contributed by atoms with E-state index in [0.29, 0.717) is 50.4 Å². The number of likely N-dealkylation sites (tertiary alicyclic amines) is 1. The molecule has 0 saturated carbocycles. The Bertz CT molecular complexity index is 1700. The van der Waals surface area contributed by atoms with Crippen LogP contribution in [0, 0.1) is 0 Å². The summed E-state index contributed by atoms with van der Waals surface area (Å²) in [4.78, 5) is 58.6. The number of hydrogen-bond donors (Lipinski definition) is 1. The number of piperidine rings is 1. The first-order valence-electron chi connectivity index (χ1n) is 15.1. The number of methoxy groups -OCH3 is 1. The summed E-state index contributed by atoms with van der Waals surface area (Å²) in [7, 11) is 1.48. The maximum absolute atomic E-state index is 14.4. The van der Waals surface area contributed by atoms with E-state index in [2.05, 4.69) is 26.8 Å². The molecule has 0 radical (unpaired) electrons. The lowest BCUT2D eigenvalue weighted by Crippen LogP contribution is -2.57. The number of imidazole rings is 1. The molecule has 232 valence electrons. The fraction of sp³-hybridized carbons (Fsp3) is 0.333. The molecule has 0 unspecified atom stereocenters. The molecule has 12 nitrogen and oxygen atoms in total. The van der Waals surface area contributed by atoms with E-state index in [1.165, 1.54) is 23.1 Å². The van der Waals surface area contributed by atoms with Crippen LogP contribution < -0.4 is 14.5 Å². The van der Waals surface area contributed by atoms with Crippen LogP contribution in [0.5, 0.6) is 5.88 Å². The van der Waals surface area contributed by atoms with Gasteiger partial charge in [0.1, 0.15) is 5.54 Å². The van der Waals surface area contributed by atoms with Crippen LogP contribution in [-0.4, -0.2) is 73.2 Å². The third-order valence-electron chi connectivity index (χ3n) is 8.60. The molecular formula is C33H35N7O5. The molecule has 6 rings (SSSR count). The first-order valence-corrected chi connectivity index (χ1v) is 15.1. The summed E-state index contributed by atoms with van der Waals surface area (Å²) >= 11 is 0. The summed E-state index contributed by atoms with van der Waals surface area (Å²) in [5.41, 5.74) is 1.89. The van der Waals surface area contributed by atoms with Crippen LogP contribution in [-0.2, 0) is 17.9 Å². The zero-order valence-corrected chi connectivity index (χ0v) is 25.3. The number of rotatable bonds is 10. The van der Waals surface area contributed by atoms with Crippen LogP contribution in [0.25, 0.3) is 11.1 Å². The molecule has 1 spiro atoms. The van der Waals surface area contributed by atoms with E-state index in [9.17, 15) is 19.5 Å². The number of amides is 3. The minimum Gasteiger partial charge on any atom is -0.481 e. The second kappa shape index (κ2) is 12.5. The predicted molar refractivity (Wildman–Crippen MR) is 167 cm³/mol. The van der Waals surface area contributed by atoms with Gasteiger partial charge >= 0.3 is 12.0 Å². The standard InChI is InChI=1S/C33H35N7O5/c1-3-4-18-38-22-35-26(28(38)29(41)42)21-37-19-15-33(16-20-37)30(43)39(32(44)40(33)31-34-17-14-27(36-31)45-2)25-12-10-24(11-13-25)23-8-6-5-7-9-23/h5-14,17,22H,3-4,15-16,18-21H2,1-2H3,(H,41,42). The number of carboxylic acids is 1. The number of carboxylic acid groups (broad SMARTS) is 1. The fourth-order valence-corrected chi connectivity index (χ4v) is 6.18. The van der Waals surface area contributed by atoms with Crippen LogP contribution in [0.3, 0.4) is 0 Å². The fourth-order valence-electron chi connectivity index (χ4n) is 6.18. The molecule has 0 atom stereocenters. The van der Waals surface area contributed by atoms with E-state index in [0.717, 1.165) is 24.0 Å². The van der Waals surface area contributed by atoms with Crippen molar-refractivity contribution in [3.8, 4) is 17.0 Å². The summed E-state index contributed by atoms with van der Waals surface area (Å²) in [5.74, 6) is -0.995. The number of urea groups is 1. The van der Waals surface area contributed by atoms with E-state index in [1.807, 2.05) is 42.5 Å². The number of hydrogen-bond acceptors (Lipinski definition) is 8. The van der Waals surface area contributed by atoms with Gasteiger partial charge in [0.05, 0.1) is 24.8 Å². The van der Waals surface area contributed by atoms with Gasteiger partial charge in [0.25, 0.3) is 5.91 Å². The summed E-state index contributed by atoms with van der Waals surface area (Å²) in [5, 5.41) is 9.92. The summed E-state index contributed by atoms with van der Waals surface area (Å²) in [6.07, 6.45) is 5.48. The normalized spacial score (nSPS) is 16.5. The molecular weight excluding hydrogens is 574 g/mol. The second-order valence-corrected chi connectivity index (χ2v) is 11.3. The van der Waals surface area contributed by atoms with Crippen LogP contribution in [0.1, 0.15) is 48.8 Å². The van der Waals surface area contributed by atoms with Crippen molar-refractivity contribution in [3.05, 3.63) is 84.6 Å². The summed E-state index contributed by atoms with van der Waals surface area (Å²) in [6.45, 7) is 3.82. The maximum atomic E-state index is 14.4. The van der Waals surface area contributed by atoms with E-state index in [4.69, 9.17) is 4.74 Å². The number of ether oxygens (including phenoxy) is 1. The zero-order chi connectivity index (χ0) is 31.6. The Balaban J connectivity index is 1.29. The minimum atomic E-state index is -1.23. The Kier molecular flexibility index (Phi) is 8.31. The number of aryl methyl sites for hydroxylation is 1. The van der Waals surface area contributed by atoms with Crippen molar-refractivity contribution in [2.24, 2.45) is 0 Å². The number of nitrogens with zero attached hydrogens (tertiary/aromatic N) is 7. The Morgan fingerprint density at radius 3 is 2.36 bits per heavy atom. The largest absolute Gasteiger partial charge is 0.481 e. The van der Waals surface area contributed by atoms with Gasteiger partial charge in [0, 0.05) is 38.4 Å². The SMILES string of the molecule is CCCCn1cnc(CN2CCC3(CC2)C(=O)N(c2ccc(-c4ccccc4)cc2)C(=O)N3c2nccc(OC)n2)c1C(=O)O. The molecule has 2 aliphatic rings. The van der Waals surface area contributed by atoms with Gasteiger partial charge in [-0.05, 0) is 42.5 Å². The maximum Gasteiger partial charge on any atom is 0.354 e. The number of benzene rings is 2. The van der Waals surface area contributed by atoms with Crippen molar-refractivity contribution in [2.75, 3.05) is 30.0 Å². The number of aromatic carboxylic acids is 1. The number of anilines is 2. The highest BCUT2D eigenvalue weighted by molar-refractivity contribution is 6.30. The zero-order valence-electron chi connectivity index (χ0n) is 25.3. The molecule has 1 N–H and O–H groups in total. The van der Waals surface area contributed by atoms with Gasteiger partial charge in [-0.2, -0.15) is 4.98 Å². The highest BCUT2D eigenvalue weighted by Gasteiger charge is 2.60. The minimum absolute atomic E-state index is 0.0902. The van der Waals surface area contributed by atoms with Crippen molar-refractivity contribution in [2.45, 2.75) is 51.2 Å². The third-order valence-corrected chi connectivity index (χ3v) is 8.60. The number of aromatic nitrogens is 4. The first kappa shape index (κ1) is 29.9. The number of carbonyl (C=O) groups is 3. The van der Waals surface area contributed by atoms with E-state index in [-0.39, 0.29) is 23.4 Å². The molecule has 3 amide bonds. The second-order valence-electron chi connectivity index (χ2n) is 11.3. The van der Waals surface area contributed by atoms with E-state index < -0.39 is 17.5 Å². The number of carbonyl (C=O) groups excluding carboxylic acids is 2. The Labute approximate surface area is 260 Å². The number of unbranched alkanes of at least 4 members (excludes halogenated alkanes) is 1. The molecule has 45 heavy (non-hydrogen) atoms. The van der Waals surface area contributed by atoms with E-state index in [1.54, 1.807) is 29.1 Å². The van der Waals surface area contributed by atoms with Crippen molar-refractivity contribution in [3.63, 3.8) is 0 Å². The molecule has 2 fully saturated rings.